The van der Waals surface area contributed by atoms with Crippen molar-refractivity contribution in [1.29, 1.82) is 5.26 Å². The molecule has 0 bridgehead atoms. The number of halogens is 2. The van der Waals surface area contributed by atoms with Gasteiger partial charge in [-0.25, -0.2) is 18.7 Å². The first-order valence-corrected chi connectivity index (χ1v) is 12.9. The number of hydrogen-bond donors (Lipinski definition) is 1. The highest BCUT2D eigenvalue weighted by atomic mass is 32.1. The van der Waals surface area contributed by atoms with Crippen LogP contribution in [0.2, 0.25) is 0 Å². The van der Waals surface area contributed by atoms with Gasteiger partial charge in [-0.15, -0.1) is 11.3 Å². The maximum absolute atomic E-state index is 16.5. The van der Waals surface area contributed by atoms with Crippen LogP contribution in [0.1, 0.15) is 29.5 Å². The molecule has 8 nitrogen and oxygen atoms in total. The zero-order valence-electron chi connectivity index (χ0n) is 20.3. The maximum Gasteiger partial charge on any atom is 0.226 e. The third-order valence-electron chi connectivity index (χ3n) is 8.50. The van der Waals surface area contributed by atoms with Gasteiger partial charge in [0, 0.05) is 41.2 Å². The fraction of sp³-hybridized carbons (Fsp3) is 0.385. The molecule has 0 amide bonds. The average molecular weight is 520 g/mol. The van der Waals surface area contributed by atoms with Gasteiger partial charge in [-0.1, -0.05) is 0 Å². The summed E-state index contributed by atoms with van der Waals surface area (Å²) in [5.74, 6) is -0.169. The Balaban J connectivity index is 1.45. The molecule has 2 N–H and O–H groups in total. The molecule has 188 valence electrons. The quantitative estimate of drug-likeness (QED) is 0.430. The van der Waals surface area contributed by atoms with Gasteiger partial charge < -0.3 is 20.3 Å². The van der Waals surface area contributed by atoms with Crippen LogP contribution in [0, 0.1) is 28.9 Å². The first-order valence-electron chi connectivity index (χ1n) is 12.1. The van der Waals surface area contributed by atoms with E-state index in [0.717, 1.165) is 49.0 Å². The second-order valence-electron chi connectivity index (χ2n) is 10.3. The molecule has 2 aliphatic heterocycles. The summed E-state index contributed by atoms with van der Waals surface area (Å²) in [6.07, 6.45) is 5.00. The number of nitriles is 1. The highest BCUT2D eigenvalue weighted by molar-refractivity contribution is 7.23. The van der Waals surface area contributed by atoms with Crippen molar-refractivity contribution in [1.82, 2.24) is 19.9 Å². The van der Waals surface area contributed by atoms with Gasteiger partial charge in [0.1, 0.15) is 16.6 Å². The van der Waals surface area contributed by atoms with Crippen molar-refractivity contribution in [2.75, 3.05) is 37.8 Å². The van der Waals surface area contributed by atoms with Crippen LogP contribution in [0.3, 0.4) is 0 Å². The van der Waals surface area contributed by atoms with Crippen LogP contribution in [-0.2, 0) is 18.0 Å². The van der Waals surface area contributed by atoms with Crippen molar-refractivity contribution in [3.63, 3.8) is 0 Å². The predicted octanol–water partition coefficient (Wildman–Crippen LogP) is 4.20. The minimum Gasteiger partial charge on any atom is -0.389 e. The van der Waals surface area contributed by atoms with E-state index in [1.54, 1.807) is 6.20 Å². The molecule has 4 aromatic rings. The van der Waals surface area contributed by atoms with Crippen molar-refractivity contribution >= 4 is 43.3 Å². The van der Waals surface area contributed by atoms with Crippen LogP contribution in [0.15, 0.2) is 12.4 Å². The Hall–Kier alpha value is -3.46. The standard InChI is InChI=1S/C26H23F2N7OS/c1-34(2)26-4-3-12(26)8-35(11-26)25-32-6-14-15-9-36-10-16(15)18(20(28)21(14)33-25)22-19-13(5-29)24(30)37-23(19)17(27)7-31-22/h6-7,12H,3-4,8-11,30H2,1-2H3. The molecule has 37 heavy (non-hydrogen) atoms. The van der Waals surface area contributed by atoms with Gasteiger partial charge in [-0.2, -0.15) is 5.26 Å². The highest BCUT2D eigenvalue weighted by Crippen LogP contribution is 2.49. The van der Waals surface area contributed by atoms with Crippen LogP contribution < -0.4 is 10.6 Å². The second kappa shape index (κ2) is 7.77. The molecule has 1 aromatic carbocycles. The molecule has 0 radical (unpaired) electrons. The molecule has 1 saturated heterocycles. The first-order chi connectivity index (χ1) is 17.8. The Labute approximate surface area is 215 Å². The molecule has 1 aliphatic carbocycles. The van der Waals surface area contributed by atoms with E-state index in [-0.39, 0.29) is 56.2 Å². The molecule has 5 heterocycles. The lowest BCUT2D eigenvalue weighted by Crippen LogP contribution is -2.57. The zero-order chi connectivity index (χ0) is 25.6. The van der Waals surface area contributed by atoms with Crippen molar-refractivity contribution in [2.45, 2.75) is 31.6 Å². The highest BCUT2D eigenvalue weighted by Gasteiger charge is 2.55. The molecule has 2 fully saturated rings. The minimum absolute atomic E-state index is 0.0964. The van der Waals surface area contributed by atoms with E-state index >= 15 is 4.39 Å². The minimum atomic E-state index is -0.603. The second-order valence-corrected chi connectivity index (χ2v) is 11.3. The predicted molar refractivity (Wildman–Crippen MR) is 137 cm³/mol. The summed E-state index contributed by atoms with van der Waals surface area (Å²) in [4.78, 5) is 18.1. The smallest absolute Gasteiger partial charge is 0.226 e. The lowest BCUT2D eigenvalue weighted by molar-refractivity contribution is 0.0300. The molecule has 11 heteroatoms. The monoisotopic (exact) mass is 519 g/mol. The van der Waals surface area contributed by atoms with Crippen molar-refractivity contribution < 1.29 is 13.5 Å². The maximum atomic E-state index is 16.5. The van der Waals surface area contributed by atoms with Gasteiger partial charge in [-0.05, 0) is 44.0 Å². The number of ether oxygens (including phenoxy) is 1. The zero-order valence-corrected chi connectivity index (χ0v) is 21.1. The summed E-state index contributed by atoms with van der Waals surface area (Å²) in [5, 5.41) is 10.7. The Morgan fingerprint density at radius 2 is 2.05 bits per heavy atom. The van der Waals surface area contributed by atoms with Crippen molar-refractivity contribution in [3.05, 3.63) is 40.7 Å². The fourth-order valence-corrected chi connectivity index (χ4v) is 7.31. The Morgan fingerprint density at radius 1 is 1.24 bits per heavy atom. The molecule has 3 aliphatic rings. The number of nitrogen functional groups attached to an aromatic ring is 1. The summed E-state index contributed by atoms with van der Waals surface area (Å²) < 4.78 is 37.0. The van der Waals surface area contributed by atoms with Crippen LogP contribution in [0.25, 0.3) is 32.2 Å². The third kappa shape index (κ3) is 2.94. The molecule has 0 spiro atoms. The Bertz CT molecular complexity index is 1680. The lowest BCUT2D eigenvalue weighted by atomic mass is 9.68. The van der Waals surface area contributed by atoms with E-state index in [2.05, 4.69) is 33.9 Å². The average Bonchev–Trinajstić information content (AvgIpc) is 3.55. The molecular weight excluding hydrogens is 496 g/mol. The molecule has 2 unspecified atom stereocenters. The Morgan fingerprint density at radius 3 is 2.76 bits per heavy atom. The summed E-state index contributed by atoms with van der Waals surface area (Å²) in [6.45, 7) is 2.06. The Kier molecular flexibility index (Phi) is 4.77. The number of anilines is 2. The third-order valence-corrected chi connectivity index (χ3v) is 9.52. The number of nitrogens with two attached hydrogens (primary N) is 1. The number of aromatic nitrogens is 3. The number of pyridine rings is 1. The van der Waals surface area contributed by atoms with Gasteiger partial charge in [0.05, 0.1) is 35.4 Å². The SMILES string of the molecule is CN(C)C12CCC1CN(c1ncc3c4c(c(-c5ncc(F)c6sc(N)c(C#N)c56)c(F)c3n1)COC4)C2. The van der Waals surface area contributed by atoms with E-state index in [0.29, 0.717) is 22.8 Å². The molecule has 2 atom stereocenters. The van der Waals surface area contributed by atoms with Crippen molar-refractivity contribution in [2.24, 2.45) is 5.92 Å². The van der Waals surface area contributed by atoms with E-state index in [1.165, 1.54) is 0 Å². The van der Waals surface area contributed by atoms with E-state index < -0.39 is 11.6 Å². The van der Waals surface area contributed by atoms with E-state index in [9.17, 15) is 9.65 Å². The summed E-state index contributed by atoms with van der Waals surface area (Å²) in [5.41, 5.74) is 8.14. The summed E-state index contributed by atoms with van der Waals surface area (Å²) in [6, 6.07) is 2.04. The lowest BCUT2D eigenvalue weighted by Gasteiger charge is -2.48. The molecular formula is C26H23F2N7OS. The van der Waals surface area contributed by atoms with Crippen LogP contribution in [0.4, 0.5) is 19.7 Å². The van der Waals surface area contributed by atoms with Gasteiger partial charge in [-0.3, -0.25) is 4.98 Å². The number of fused-ring (bicyclic) bond motifs is 5. The largest absolute Gasteiger partial charge is 0.389 e. The van der Waals surface area contributed by atoms with Crippen LogP contribution in [-0.4, -0.2) is 52.6 Å². The van der Waals surface area contributed by atoms with Gasteiger partial charge >= 0.3 is 0 Å². The van der Waals surface area contributed by atoms with E-state index in [1.807, 2.05) is 6.07 Å². The van der Waals surface area contributed by atoms with Gasteiger partial charge in [0.15, 0.2) is 11.6 Å². The van der Waals surface area contributed by atoms with Crippen molar-refractivity contribution in [3.8, 4) is 17.3 Å². The number of likely N-dealkylation sites (N-methyl/N-ethyl adjacent to an activating group) is 1. The summed E-state index contributed by atoms with van der Waals surface area (Å²) >= 11 is 0.959. The van der Waals surface area contributed by atoms with Gasteiger partial charge in [0.25, 0.3) is 0 Å². The normalized spacial score (nSPS) is 22.5. The topological polar surface area (TPSA) is 104 Å². The number of nitrogens with zero attached hydrogens (tertiary/aromatic N) is 6. The van der Waals surface area contributed by atoms with Crippen LogP contribution in [0.5, 0.6) is 0 Å². The van der Waals surface area contributed by atoms with E-state index in [4.69, 9.17) is 15.5 Å². The first kappa shape index (κ1) is 22.7. The number of rotatable bonds is 3. The van der Waals surface area contributed by atoms with Gasteiger partial charge in [0.2, 0.25) is 5.95 Å². The molecule has 7 rings (SSSR count). The summed E-state index contributed by atoms with van der Waals surface area (Å²) in [7, 11) is 4.21. The number of benzene rings is 1. The number of thiophene rings is 1. The van der Waals surface area contributed by atoms with Crippen LogP contribution >= 0.6 is 11.3 Å². The molecule has 3 aromatic heterocycles. The number of hydrogen-bond acceptors (Lipinski definition) is 9. The molecule has 1 saturated carbocycles. The fourth-order valence-electron chi connectivity index (χ4n) is 6.39.